The normalized spacial score (nSPS) is 14.1. The molecule has 0 saturated carbocycles. The topological polar surface area (TPSA) is 56.8 Å². The van der Waals surface area contributed by atoms with Gasteiger partial charge in [0.25, 0.3) is 0 Å². The van der Waals surface area contributed by atoms with Crippen LogP contribution in [0.5, 0.6) is 5.75 Å². The molecule has 3 aromatic rings. The number of halogens is 1. The first-order chi connectivity index (χ1) is 17.1. The largest absolute Gasteiger partial charge is 0.489 e. The molecule has 0 bridgehead atoms. The molecule has 0 radical (unpaired) electrons. The van der Waals surface area contributed by atoms with Crippen LogP contribution in [-0.4, -0.2) is 53.5 Å². The molecule has 2 N–H and O–H groups in total. The maximum atomic E-state index is 12.5. The Morgan fingerprint density at radius 3 is 2.40 bits per heavy atom. The van der Waals surface area contributed by atoms with Gasteiger partial charge in [0.15, 0.2) is 5.11 Å². The van der Waals surface area contributed by atoms with Gasteiger partial charge in [0.05, 0.1) is 17.3 Å². The third-order valence-corrected chi connectivity index (χ3v) is 6.43. The molecule has 0 unspecified atom stereocenters. The van der Waals surface area contributed by atoms with Gasteiger partial charge in [-0.05, 0) is 60.6 Å². The van der Waals surface area contributed by atoms with Crippen molar-refractivity contribution in [3.05, 3.63) is 89.4 Å². The summed E-state index contributed by atoms with van der Waals surface area (Å²) in [6, 6.07) is 25.2. The number of hydrogen-bond donors (Lipinski definition) is 2. The smallest absolute Gasteiger partial charge is 0.238 e. The predicted octanol–water partition coefficient (Wildman–Crippen LogP) is 5.26. The molecule has 0 aromatic heterocycles. The summed E-state index contributed by atoms with van der Waals surface area (Å²) in [6.45, 7) is 4.04. The second kappa shape index (κ2) is 12.5. The lowest BCUT2D eigenvalue weighted by molar-refractivity contribution is -0.117. The summed E-state index contributed by atoms with van der Waals surface area (Å²) in [5.74, 6) is 0.743. The predicted molar refractivity (Wildman–Crippen MR) is 146 cm³/mol. The number of nitrogens with one attached hydrogen (secondary N) is 2. The number of anilines is 2. The van der Waals surface area contributed by atoms with E-state index in [2.05, 4.69) is 20.4 Å². The van der Waals surface area contributed by atoms with Crippen LogP contribution in [0.15, 0.2) is 78.9 Å². The van der Waals surface area contributed by atoms with Crippen molar-refractivity contribution >= 4 is 46.2 Å². The number of nitrogens with zero attached hydrogens (tertiary/aromatic N) is 2. The van der Waals surface area contributed by atoms with Crippen molar-refractivity contribution in [2.75, 3.05) is 43.4 Å². The molecule has 35 heavy (non-hydrogen) atoms. The lowest BCUT2D eigenvalue weighted by Gasteiger charge is -2.24. The summed E-state index contributed by atoms with van der Waals surface area (Å²) in [5.41, 5.74) is 2.69. The number of carbonyl (C=O) groups excluding carboxylic acids is 1. The highest BCUT2D eigenvalue weighted by Crippen LogP contribution is 2.21. The van der Waals surface area contributed by atoms with E-state index in [1.165, 1.54) is 0 Å². The van der Waals surface area contributed by atoms with Crippen molar-refractivity contribution in [2.24, 2.45) is 0 Å². The van der Waals surface area contributed by atoms with Crippen LogP contribution in [0.3, 0.4) is 0 Å². The molecule has 1 aliphatic rings. The average molecular weight is 509 g/mol. The van der Waals surface area contributed by atoms with Gasteiger partial charge in [0.1, 0.15) is 12.4 Å². The summed E-state index contributed by atoms with van der Waals surface area (Å²) in [4.78, 5) is 16.8. The van der Waals surface area contributed by atoms with Crippen LogP contribution in [-0.2, 0) is 11.4 Å². The molecular weight excluding hydrogens is 480 g/mol. The van der Waals surface area contributed by atoms with Crippen molar-refractivity contribution in [3.8, 4) is 5.75 Å². The van der Waals surface area contributed by atoms with Crippen molar-refractivity contribution in [1.82, 2.24) is 9.80 Å². The molecule has 0 atom stereocenters. The fourth-order valence-corrected chi connectivity index (χ4v) is 4.35. The fourth-order valence-electron chi connectivity index (χ4n) is 3.87. The van der Waals surface area contributed by atoms with E-state index in [-0.39, 0.29) is 5.91 Å². The van der Waals surface area contributed by atoms with Gasteiger partial charge in [0.2, 0.25) is 5.91 Å². The molecule has 8 heteroatoms. The number of carbonyl (C=O) groups is 1. The Kier molecular flexibility index (Phi) is 8.95. The van der Waals surface area contributed by atoms with Crippen LogP contribution in [0.2, 0.25) is 5.02 Å². The molecule has 0 aliphatic carbocycles. The maximum Gasteiger partial charge on any atom is 0.238 e. The van der Waals surface area contributed by atoms with E-state index >= 15 is 0 Å². The SMILES string of the molecule is O=C(CN1CCCN(C(=S)Nc2ccc(OCc3ccccc3)cc2)CC1)Nc1ccccc1Cl. The minimum Gasteiger partial charge on any atom is -0.489 e. The molecule has 1 fully saturated rings. The standard InChI is InChI=1S/C27H29ClN4O2S/c28-24-9-4-5-10-25(24)30-26(33)19-31-15-6-16-32(18-17-31)27(35)29-22-11-13-23(14-12-22)34-20-21-7-2-1-3-8-21/h1-5,7-14H,6,15-20H2,(H,29,35)(H,30,33). The zero-order chi connectivity index (χ0) is 24.5. The van der Waals surface area contributed by atoms with Gasteiger partial charge in [-0.2, -0.15) is 0 Å². The number of ether oxygens (including phenoxy) is 1. The summed E-state index contributed by atoms with van der Waals surface area (Å²) in [7, 11) is 0. The minimum absolute atomic E-state index is 0.0678. The van der Waals surface area contributed by atoms with Gasteiger partial charge < -0.3 is 20.3 Å². The molecule has 6 nitrogen and oxygen atoms in total. The van der Waals surface area contributed by atoms with E-state index in [1.54, 1.807) is 12.1 Å². The number of amides is 1. The molecule has 182 valence electrons. The summed E-state index contributed by atoms with van der Waals surface area (Å²) in [5, 5.41) is 7.44. The molecule has 3 aromatic carbocycles. The van der Waals surface area contributed by atoms with Gasteiger partial charge in [0, 0.05) is 31.9 Å². The molecule has 1 saturated heterocycles. The van der Waals surface area contributed by atoms with Gasteiger partial charge >= 0.3 is 0 Å². The van der Waals surface area contributed by atoms with Crippen molar-refractivity contribution < 1.29 is 9.53 Å². The van der Waals surface area contributed by atoms with Gasteiger partial charge in [-0.1, -0.05) is 54.1 Å². The molecular formula is C27H29ClN4O2S. The summed E-state index contributed by atoms with van der Waals surface area (Å²) in [6.07, 6.45) is 0.924. The molecule has 0 spiro atoms. The molecule has 1 amide bonds. The van der Waals surface area contributed by atoms with E-state index in [9.17, 15) is 4.79 Å². The Labute approximate surface area is 216 Å². The zero-order valence-electron chi connectivity index (χ0n) is 19.5. The summed E-state index contributed by atoms with van der Waals surface area (Å²) >= 11 is 11.8. The van der Waals surface area contributed by atoms with Gasteiger partial charge in [-0.25, -0.2) is 0 Å². The van der Waals surface area contributed by atoms with Crippen LogP contribution in [0.25, 0.3) is 0 Å². The van der Waals surface area contributed by atoms with Crippen LogP contribution in [0.4, 0.5) is 11.4 Å². The lowest BCUT2D eigenvalue weighted by atomic mass is 10.2. The number of benzene rings is 3. The Hall–Kier alpha value is -3.13. The third kappa shape index (κ3) is 7.68. The first-order valence-corrected chi connectivity index (χ1v) is 12.4. The second-order valence-corrected chi connectivity index (χ2v) is 9.17. The van der Waals surface area contributed by atoms with Gasteiger partial charge in [-0.15, -0.1) is 0 Å². The first kappa shape index (κ1) is 25.0. The van der Waals surface area contributed by atoms with Crippen LogP contribution in [0, 0.1) is 0 Å². The van der Waals surface area contributed by atoms with Crippen molar-refractivity contribution in [2.45, 2.75) is 13.0 Å². The van der Waals surface area contributed by atoms with Crippen molar-refractivity contribution in [3.63, 3.8) is 0 Å². The molecule has 1 aliphatic heterocycles. The monoisotopic (exact) mass is 508 g/mol. The summed E-state index contributed by atoms with van der Waals surface area (Å²) < 4.78 is 5.86. The van der Waals surface area contributed by atoms with E-state index in [0.29, 0.717) is 29.0 Å². The Morgan fingerprint density at radius 1 is 0.886 bits per heavy atom. The second-order valence-electron chi connectivity index (χ2n) is 8.37. The number of rotatable bonds is 7. The van der Waals surface area contributed by atoms with Crippen LogP contribution < -0.4 is 15.4 Å². The minimum atomic E-state index is -0.0678. The Bertz CT molecular complexity index is 1130. The lowest BCUT2D eigenvalue weighted by Crippen LogP contribution is -2.39. The number of hydrogen-bond acceptors (Lipinski definition) is 4. The Balaban J connectivity index is 1.22. The zero-order valence-corrected chi connectivity index (χ0v) is 21.0. The van der Waals surface area contributed by atoms with Gasteiger partial charge in [-0.3, -0.25) is 9.69 Å². The maximum absolute atomic E-state index is 12.5. The highest BCUT2D eigenvalue weighted by atomic mass is 35.5. The highest BCUT2D eigenvalue weighted by Gasteiger charge is 2.19. The van der Waals surface area contributed by atoms with Crippen LogP contribution >= 0.6 is 23.8 Å². The quantitative estimate of drug-likeness (QED) is 0.424. The number of thiocarbonyl (C=S) groups is 1. The van der Waals surface area contributed by atoms with Crippen LogP contribution in [0.1, 0.15) is 12.0 Å². The number of para-hydroxylation sites is 1. The van der Waals surface area contributed by atoms with E-state index in [1.807, 2.05) is 66.7 Å². The van der Waals surface area contributed by atoms with E-state index < -0.39 is 0 Å². The Morgan fingerprint density at radius 2 is 1.63 bits per heavy atom. The third-order valence-electron chi connectivity index (χ3n) is 5.74. The van der Waals surface area contributed by atoms with E-state index in [4.69, 9.17) is 28.6 Å². The highest BCUT2D eigenvalue weighted by molar-refractivity contribution is 7.80. The van der Waals surface area contributed by atoms with Crippen molar-refractivity contribution in [1.29, 1.82) is 0 Å². The first-order valence-electron chi connectivity index (χ1n) is 11.7. The molecule has 1 heterocycles. The van der Waals surface area contributed by atoms with E-state index in [0.717, 1.165) is 49.6 Å². The molecule has 4 rings (SSSR count). The average Bonchev–Trinajstić information content (AvgIpc) is 3.11. The fraction of sp³-hybridized carbons (Fsp3) is 0.259.